The van der Waals surface area contributed by atoms with Crippen LogP contribution < -0.4 is 10.6 Å². The number of imide groups is 1. The fraction of sp³-hybridized carbons (Fsp3) is 0.154. The predicted octanol–water partition coefficient (Wildman–Crippen LogP) is 1.73. The molecule has 6 nitrogen and oxygen atoms in total. The lowest BCUT2D eigenvalue weighted by molar-refractivity contribution is 0.0993. The molecule has 0 spiro atoms. The number of halogens is 2. The number of carbonyl (C=O) groups excluding carboxylic acids is 2. The summed E-state index contributed by atoms with van der Waals surface area (Å²) < 4.78 is 28.4. The van der Waals surface area contributed by atoms with Crippen molar-refractivity contribution in [3.63, 3.8) is 0 Å². The van der Waals surface area contributed by atoms with Gasteiger partial charge in [0.05, 0.1) is 16.9 Å². The molecule has 0 aliphatic rings. The van der Waals surface area contributed by atoms with Crippen LogP contribution in [-0.4, -0.2) is 21.7 Å². The fourth-order valence-corrected chi connectivity index (χ4v) is 1.92. The van der Waals surface area contributed by atoms with E-state index in [4.69, 9.17) is 5.73 Å². The Labute approximate surface area is 118 Å². The number of amides is 3. The zero-order valence-electron chi connectivity index (χ0n) is 11.3. The number of anilines is 1. The Morgan fingerprint density at radius 1 is 1.33 bits per heavy atom. The van der Waals surface area contributed by atoms with Gasteiger partial charge in [0, 0.05) is 19.3 Å². The second kappa shape index (κ2) is 5.31. The largest absolute Gasteiger partial charge is 0.351 e. The first-order valence-corrected chi connectivity index (χ1v) is 5.90. The van der Waals surface area contributed by atoms with Crippen LogP contribution in [0.3, 0.4) is 0 Å². The standard InChI is InChI=1S/C13H12F2N4O2/c1-7-9(6-18(2)17-7)12(20)19(13(16)21)11-5-8(14)3-4-10(11)15/h3-6H,1-2H3,(H2,16,21). The van der Waals surface area contributed by atoms with E-state index in [1.807, 2.05) is 0 Å². The summed E-state index contributed by atoms with van der Waals surface area (Å²) in [7, 11) is 1.58. The van der Waals surface area contributed by atoms with Gasteiger partial charge in [-0.1, -0.05) is 0 Å². The monoisotopic (exact) mass is 294 g/mol. The maximum absolute atomic E-state index is 13.8. The summed E-state index contributed by atoms with van der Waals surface area (Å²) in [6.07, 6.45) is 1.37. The Balaban J connectivity index is 2.54. The number of carbonyl (C=O) groups is 2. The van der Waals surface area contributed by atoms with Gasteiger partial charge in [-0.25, -0.2) is 18.5 Å². The van der Waals surface area contributed by atoms with Crippen molar-refractivity contribution in [3.8, 4) is 0 Å². The van der Waals surface area contributed by atoms with Crippen molar-refractivity contribution in [2.24, 2.45) is 12.8 Å². The van der Waals surface area contributed by atoms with Crippen molar-refractivity contribution in [1.82, 2.24) is 9.78 Å². The van der Waals surface area contributed by atoms with E-state index in [1.165, 1.54) is 10.9 Å². The highest BCUT2D eigenvalue weighted by molar-refractivity contribution is 6.20. The molecular weight excluding hydrogens is 282 g/mol. The van der Waals surface area contributed by atoms with E-state index < -0.39 is 29.3 Å². The molecule has 2 aromatic rings. The molecule has 0 saturated carbocycles. The topological polar surface area (TPSA) is 81.2 Å². The quantitative estimate of drug-likeness (QED) is 0.915. The van der Waals surface area contributed by atoms with Gasteiger partial charge in [-0.2, -0.15) is 5.10 Å². The molecular formula is C13H12F2N4O2. The second-order valence-corrected chi connectivity index (χ2v) is 4.38. The highest BCUT2D eigenvalue weighted by Crippen LogP contribution is 2.23. The molecule has 0 fully saturated rings. The molecule has 0 aliphatic heterocycles. The van der Waals surface area contributed by atoms with E-state index in [-0.39, 0.29) is 5.56 Å². The molecule has 0 atom stereocenters. The van der Waals surface area contributed by atoms with Gasteiger partial charge in [0.1, 0.15) is 11.6 Å². The van der Waals surface area contributed by atoms with Crippen LogP contribution in [0.4, 0.5) is 19.3 Å². The molecule has 110 valence electrons. The second-order valence-electron chi connectivity index (χ2n) is 4.38. The third-order valence-electron chi connectivity index (χ3n) is 2.82. The molecule has 8 heteroatoms. The lowest BCUT2D eigenvalue weighted by atomic mass is 10.2. The fourth-order valence-electron chi connectivity index (χ4n) is 1.92. The highest BCUT2D eigenvalue weighted by Gasteiger charge is 2.28. The van der Waals surface area contributed by atoms with Gasteiger partial charge in [0.25, 0.3) is 5.91 Å². The van der Waals surface area contributed by atoms with Gasteiger partial charge in [-0.3, -0.25) is 9.48 Å². The smallest absolute Gasteiger partial charge is 0.326 e. The number of primary amides is 1. The molecule has 2 N–H and O–H groups in total. The summed E-state index contributed by atoms with van der Waals surface area (Å²) in [6, 6.07) is 1.19. The molecule has 3 amide bonds. The number of hydrogen-bond donors (Lipinski definition) is 1. The van der Waals surface area contributed by atoms with E-state index in [1.54, 1.807) is 14.0 Å². The van der Waals surface area contributed by atoms with E-state index in [0.717, 1.165) is 18.2 Å². The van der Waals surface area contributed by atoms with Gasteiger partial charge in [-0.05, 0) is 19.1 Å². The number of nitrogens with zero attached hydrogens (tertiary/aromatic N) is 3. The number of nitrogens with two attached hydrogens (primary N) is 1. The number of rotatable bonds is 2. The van der Waals surface area contributed by atoms with Crippen LogP contribution in [0.15, 0.2) is 24.4 Å². The Bertz CT molecular complexity index is 727. The third-order valence-corrected chi connectivity index (χ3v) is 2.82. The molecule has 2 rings (SSSR count). The van der Waals surface area contributed by atoms with Crippen LogP contribution in [0.2, 0.25) is 0 Å². The SMILES string of the molecule is Cc1nn(C)cc1C(=O)N(C(N)=O)c1cc(F)ccc1F. The average molecular weight is 294 g/mol. The van der Waals surface area contributed by atoms with Gasteiger partial charge in [0.2, 0.25) is 0 Å². The zero-order valence-corrected chi connectivity index (χ0v) is 11.3. The van der Waals surface area contributed by atoms with Gasteiger partial charge in [0.15, 0.2) is 0 Å². The summed E-state index contributed by atoms with van der Waals surface area (Å²) in [5, 5.41) is 3.96. The van der Waals surface area contributed by atoms with E-state index in [0.29, 0.717) is 10.6 Å². The first-order valence-electron chi connectivity index (χ1n) is 5.90. The Kier molecular flexibility index (Phi) is 3.70. The number of aryl methyl sites for hydroxylation is 2. The molecule has 1 heterocycles. The van der Waals surface area contributed by atoms with Crippen molar-refractivity contribution in [1.29, 1.82) is 0 Å². The third kappa shape index (κ3) is 2.73. The molecule has 0 bridgehead atoms. The van der Waals surface area contributed by atoms with Crippen molar-refractivity contribution < 1.29 is 18.4 Å². The lowest BCUT2D eigenvalue weighted by Gasteiger charge is -2.18. The molecule has 0 radical (unpaired) electrons. The minimum atomic E-state index is -1.22. The maximum atomic E-state index is 13.8. The first kappa shape index (κ1) is 14.6. The number of benzene rings is 1. The van der Waals surface area contributed by atoms with Crippen LogP contribution in [0.1, 0.15) is 16.1 Å². The van der Waals surface area contributed by atoms with Gasteiger partial charge in [-0.15, -0.1) is 0 Å². The van der Waals surface area contributed by atoms with E-state index in [2.05, 4.69) is 5.10 Å². The van der Waals surface area contributed by atoms with Crippen LogP contribution in [0, 0.1) is 18.6 Å². The molecule has 0 saturated heterocycles. The van der Waals surface area contributed by atoms with Crippen molar-refractivity contribution in [3.05, 3.63) is 47.3 Å². The Morgan fingerprint density at radius 3 is 2.52 bits per heavy atom. The zero-order chi connectivity index (χ0) is 15.7. The molecule has 0 aliphatic carbocycles. The van der Waals surface area contributed by atoms with Crippen molar-refractivity contribution >= 4 is 17.6 Å². The summed E-state index contributed by atoms with van der Waals surface area (Å²) >= 11 is 0. The number of urea groups is 1. The van der Waals surface area contributed by atoms with Crippen LogP contribution in [-0.2, 0) is 7.05 Å². The first-order chi connectivity index (χ1) is 9.81. The summed E-state index contributed by atoms with van der Waals surface area (Å²) in [5.41, 5.74) is 4.99. The molecule has 1 aromatic carbocycles. The van der Waals surface area contributed by atoms with Gasteiger partial charge < -0.3 is 5.73 Å². The minimum absolute atomic E-state index is 0.0694. The average Bonchev–Trinajstić information content (AvgIpc) is 2.72. The van der Waals surface area contributed by atoms with E-state index in [9.17, 15) is 18.4 Å². The van der Waals surface area contributed by atoms with E-state index >= 15 is 0 Å². The number of aromatic nitrogens is 2. The van der Waals surface area contributed by atoms with Gasteiger partial charge >= 0.3 is 6.03 Å². The summed E-state index contributed by atoms with van der Waals surface area (Å²) in [4.78, 5) is 24.3. The normalized spacial score (nSPS) is 10.5. The number of hydrogen-bond acceptors (Lipinski definition) is 3. The summed E-state index contributed by atoms with van der Waals surface area (Å²) in [6.45, 7) is 1.55. The lowest BCUT2D eigenvalue weighted by Crippen LogP contribution is -2.41. The molecule has 21 heavy (non-hydrogen) atoms. The van der Waals surface area contributed by atoms with Crippen molar-refractivity contribution in [2.45, 2.75) is 6.92 Å². The molecule has 1 aromatic heterocycles. The predicted molar refractivity (Wildman–Crippen MR) is 70.7 cm³/mol. The Morgan fingerprint density at radius 2 is 2.00 bits per heavy atom. The maximum Gasteiger partial charge on any atom is 0.326 e. The van der Waals surface area contributed by atoms with Crippen LogP contribution >= 0.6 is 0 Å². The molecule has 0 unspecified atom stereocenters. The van der Waals surface area contributed by atoms with Crippen molar-refractivity contribution in [2.75, 3.05) is 4.90 Å². The summed E-state index contributed by atoms with van der Waals surface area (Å²) in [5.74, 6) is -2.61. The highest BCUT2D eigenvalue weighted by atomic mass is 19.1. The Hall–Kier alpha value is -2.77. The minimum Gasteiger partial charge on any atom is -0.351 e. The van der Waals surface area contributed by atoms with Crippen LogP contribution in [0.5, 0.6) is 0 Å². The van der Waals surface area contributed by atoms with Crippen LogP contribution in [0.25, 0.3) is 0 Å².